The predicted octanol–water partition coefficient (Wildman–Crippen LogP) is 1.65. The van der Waals surface area contributed by atoms with Crippen LogP contribution < -0.4 is 0 Å². The van der Waals surface area contributed by atoms with Crippen LogP contribution >= 0.6 is 22.9 Å². The number of hydrogen-bond donors (Lipinski definition) is 1. The minimum absolute atomic E-state index is 0.113. The quantitative estimate of drug-likeness (QED) is 0.931. The summed E-state index contributed by atoms with van der Waals surface area (Å²) in [6.45, 7) is 1.87. The van der Waals surface area contributed by atoms with Crippen LogP contribution in [0.15, 0.2) is 16.3 Å². The molecule has 1 N–H and O–H groups in total. The Hall–Kier alpha value is -0.960. The number of nitrogens with one attached hydrogen (secondary N) is 1. The monoisotopic (exact) mass is 306 g/mol. The fraction of sp³-hybridized carbons (Fsp3) is 0.333. The molecule has 9 heteroatoms. The largest absolute Gasteiger partial charge is 0.263 e. The van der Waals surface area contributed by atoms with Crippen LogP contribution in [0.5, 0.6) is 0 Å². The second-order valence-electron chi connectivity index (χ2n) is 3.66. The van der Waals surface area contributed by atoms with E-state index in [2.05, 4.69) is 15.2 Å². The molecule has 0 aromatic carbocycles. The van der Waals surface area contributed by atoms with Crippen LogP contribution in [-0.4, -0.2) is 35.0 Å². The minimum Gasteiger partial charge on any atom is -0.263 e. The van der Waals surface area contributed by atoms with Crippen molar-refractivity contribution in [3.63, 3.8) is 0 Å². The molecule has 0 aliphatic rings. The van der Waals surface area contributed by atoms with Gasteiger partial charge in [-0.1, -0.05) is 11.6 Å². The molecule has 2 heterocycles. The van der Waals surface area contributed by atoms with Gasteiger partial charge in [0.1, 0.15) is 10.0 Å². The third kappa shape index (κ3) is 2.72. The number of H-pyrrole nitrogens is 1. The van der Waals surface area contributed by atoms with E-state index in [0.717, 1.165) is 11.3 Å². The molecule has 0 radical (unpaired) electrons. The van der Waals surface area contributed by atoms with Crippen molar-refractivity contribution in [2.75, 3.05) is 7.05 Å². The Balaban J connectivity index is 2.20. The van der Waals surface area contributed by atoms with Gasteiger partial charge >= 0.3 is 0 Å². The molecule has 0 saturated carbocycles. The lowest BCUT2D eigenvalue weighted by molar-refractivity contribution is 0.459. The number of aromatic amines is 1. The van der Waals surface area contributed by atoms with E-state index in [1.807, 2.05) is 0 Å². The van der Waals surface area contributed by atoms with Gasteiger partial charge in [0, 0.05) is 7.05 Å². The van der Waals surface area contributed by atoms with Crippen LogP contribution in [0.25, 0.3) is 0 Å². The van der Waals surface area contributed by atoms with Crippen LogP contribution in [0.1, 0.15) is 11.6 Å². The molecule has 2 rings (SSSR count). The Morgan fingerprint density at radius 1 is 1.50 bits per heavy atom. The van der Waals surface area contributed by atoms with Crippen LogP contribution in [0.3, 0.4) is 0 Å². The molecule has 2 aromatic rings. The molecule has 0 fully saturated rings. The van der Waals surface area contributed by atoms with Crippen molar-refractivity contribution in [3.8, 4) is 0 Å². The molecular weight excluding hydrogens is 296 g/mol. The topological polar surface area (TPSA) is 79.0 Å². The van der Waals surface area contributed by atoms with Gasteiger partial charge in [0.05, 0.1) is 10.9 Å². The molecule has 0 bridgehead atoms. The van der Waals surface area contributed by atoms with Crippen molar-refractivity contribution in [3.05, 3.63) is 28.1 Å². The minimum atomic E-state index is -3.53. The zero-order valence-corrected chi connectivity index (χ0v) is 12.1. The molecule has 18 heavy (non-hydrogen) atoms. The van der Waals surface area contributed by atoms with Crippen LogP contribution in [0, 0.1) is 6.92 Å². The molecule has 98 valence electrons. The summed E-state index contributed by atoms with van der Waals surface area (Å²) in [5, 5.41) is 6.57. The highest BCUT2D eigenvalue weighted by atomic mass is 35.5. The maximum absolute atomic E-state index is 12.2. The van der Waals surface area contributed by atoms with E-state index in [1.54, 1.807) is 13.0 Å². The lowest BCUT2D eigenvalue weighted by Crippen LogP contribution is -2.26. The van der Waals surface area contributed by atoms with E-state index in [0.29, 0.717) is 16.0 Å². The fourth-order valence-corrected chi connectivity index (χ4v) is 4.15. The Labute approximate surface area is 114 Å². The lowest BCUT2D eigenvalue weighted by atomic mass is 10.6. The summed E-state index contributed by atoms with van der Waals surface area (Å²) in [5.41, 5.74) is 0. The van der Waals surface area contributed by atoms with Crippen molar-refractivity contribution >= 4 is 33.0 Å². The zero-order valence-electron chi connectivity index (χ0n) is 9.71. The third-order valence-electron chi connectivity index (χ3n) is 2.22. The van der Waals surface area contributed by atoms with E-state index in [-0.39, 0.29) is 10.8 Å². The molecule has 0 aliphatic heterocycles. The first-order valence-electron chi connectivity index (χ1n) is 4.99. The number of sulfonamides is 1. The number of nitrogens with zero attached hydrogens (tertiary/aromatic N) is 3. The van der Waals surface area contributed by atoms with Gasteiger partial charge < -0.3 is 0 Å². The summed E-state index contributed by atoms with van der Waals surface area (Å²) < 4.78 is 26.2. The first-order chi connectivity index (χ1) is 8.39. The predicted molar refractivity (Wildman–Crippen MR) is 69.1 cm³/mol. The van der Waals surface area contributed by atoms with Crippen molar-refractivity contribution in [1.82, 2.24) is 19.5 Å². The molecular formula is C9H11ClN4O2S2. The first kappa shape index (κ1) is 13.5. The zero-order chi connectivity index (χ0) is 13.3. The molecule has 0 spiro atoms. The maximum atomic E-state index is 12.2. The van der Waals surface area contributed by atoms with E-state index >= 15 is 0 Å². The SMILES string of the molecule is Cc1nc(CN(C)S(=O)(=O)c2ccc(Cl)s2)n[nH]1. The van der Waals surface area contributed by atoms with Crippen LogP contribution in [0.4, 0.5) is 0 Å². The average Bonchev–Trinajstić information content (AvgIpc) is 2.88. The van der Waals surface area contributed by atoms with E-state index in [4.69, 9.17) is 11.6 Å². The Morgan fingerprint density at radius 3 is 2.72 bits per heavy atom. The smallest absolute Gasteiger partial charge is 0.252 e. The van der Waals surface area contributed by atoms with Gasteiger partial charge in [-0.15, -0.1) is 11.3 Å². The van der Waals surface area contributed by atoms with Gasteiger partial charge in [-0.25, -0.2) is 13.4 Å². The summed E-state index contributed by atoms with van der Waals surface area (Å²) >= 11 is 6.77. The number of aromatic nitrogens is 3. The second kappa shape index (κ2) is 4.96. The van der Waals surface area contributed by atoms with E-state index in [1.165, 1.54) is 17.4 Å². The number of halogens is 1. The average molecular weight is 307 g/mol. The fourth-order valence-electron chi connectivity index (χ4n) is 1.33. The Bertz CT molecular complexity index is 649. The number of hydrogen-bond acceptors (Lipinski definition) is 5. The number of aryl methyl sites for hydroxylation is 1. The van der Waals surface area contributed by atoms with Gasteiger partial charge in [-0.05, 0) is 19.1 Å². The standard InChI is InChI=1S/C9H11ClN4O2S2/c1-6-11-8(13-12-6)5-14(2)18(15,16)9-4-3-7(10)17-9/h3-4H,5H2,1-2H3,(H,11,12,13). The highest BCUT2D eigenvalue weighted by molar-refractivity contribution is 7.91. The highest BCUT2D eigenvalue weighted by Crippen LogP contribution is 2.27. The summed E-state index contributed by atoms with van der Waals surface area (Å²) in [5.74, 6) is 1.08. The first-order valence-corrected chi connectivity index (χ1v) is 7.62. The molecule has 6 nitrogen and oxygen atoms in total. The normalized spacial score (nSPS) is 12.2. The molecule has 0 aliphatic carbocycles. The van der Waals surface area contributed by atoms with Crippen LogP contribution in [0.2, 0.25) is 4.34 Å². The Morgan fingerprint density at radius 2 is 2.22 bits per heavy atom. The van der Waals surface area contributed by atoms with Gasteiger partial charge in [0.2, 0.25) is 0 Å². The molecule has 0 unspecified atom stereocenters. The molecule has 0 amide bonds. The van der Waals surface area contributed by atoms with Crippen molar-refractivity contribution in [2.24, 2.45) is 0 Å². The van der Waals surface area contributed by atoms with Gasteiger partial charge in [-0.2, -0.15) is 9.40 Å². The third-order valence-corrected chi connectivity index (χ3v) is 5.72. The second-order valence-corrected chi connectivity index (χ2v) is 7.64. The lowest BCUT2D eigenvalue weighted by Gasteiger charge is -2.13. The van der Waals surface area contributed by atoms with E-state index in [9.17, 15) is 8.42 Å². The maximum Gasteiger partial charge on any atom is 0.252 e. The molecule has 0 atom stereocenters. The summed E-state index contributed by atoms with van der Waals surface area (Å²) in [4.78, 5) is 4.07. The number of thiophene rings is 1. The van der Waals surface area contributed by atoms with Crippen molar-refractivity contribution in [2.45, 2.75) is 17.7 Å². The van der Waals surface area contributed by atoms with E-state index < -0.39 is 10.0 Å². The van der Waals surface area contributed by atoms with Crippen molar-refractivity contribution in [1.29, 1.82) is 0 Å². The van der Waals surface area contributed by atoms with Gasteiger partial charge in [-0.3, -0.25) is 5.10 Å². The summed E-state index contributed by atoms with van der Waals surface area (Å²) in [6, 6.07) is 3.05. The summed E-state index contributed by atoms with van der Waals surface area (Å²) in [6.07, 6.45) is 0. The highest BCUT2D eigenvalue weighted by Gasteiger charge is 2.23. The Kier molecular flexibility index (Phi) is 3.71. The van der Waals surface area contributed by atoms with Crippen LogP contribution in [-0.2, 0) is 16.6 Å². The summed E-state index contributed by atoms with van der Waals surface area (Å²) in [7, 11) is -2.05. The van der Waals surface area contributed by atoms with Gasteiger partial charge in [0.25, 0.3) is 10.0 Å². The van der Waals surface area contributed by atoms with Crippen molar-refractivity contribution < 1.29 is 8.42 Å². The molecule has 2 aromatic heterocycles. The number of rotatable bonds is 4. The van der Waals surface area contributed by atoms with Gasteiger partial charge in [0.15, 0.2) is 5.82 Å². The molecule has 0 saturated heterocycles.